The van der Waals surface area contributed by atoms with E-state index in [-0.39, 0.29) is 17.5 Å². The van der Waals surface area contributed by atoms with Crippen LogP contribution in [0, 0.1) is 0 Å². The quantitative estimate of drug-likeness (QED) is 0.690. The number of phenols is 2. The lowest BCUT2D eigenvalue weighted by atomic mass is 10.0. The van der Waals surface area contributed by atoms with Crippen molar-refractivity contribution in [2.75, 3.05) is 0 Å². The second-order valence-electron chi connectivity index (χ2n) is 3.53. The lowest BCUT2D eigenvalue weighted by Crippen LogP contribution is -2.09. The van der Waals surface area contributed by atoms with Gasteiger partial charge in [-0.3, -0.25) is 0 Å². The molecule has 0 aliphatic rings. The van der Waals surface area contributed by atoms with E-state index in [4.69, 9.17) is 5.73 Å². The van der Waals surface area contributed by atoms with Gasteiger partial charge in [-0.2, -0.15) is 0 Å². The fraction of sp³-hybridized carbons (Fsp3) is 0.455. The molecule has 0 unspecified atom stereocenters. The lowest BCUT2D eigenvalue weighted by Gasteiger charge is -2.11. The molecule has 0 spiro atoms. The summed E-state index contributed by atoms with van der Waals surface area (Å²) >= 11 is 0. The van der Waals surface area contributed by atoms with E-state index in [2.05, 4.69) is 6.92 Å². The Balaban J connectivity index is 2.73. The first-order chi connectivity index (χ1) is 6.63. The zero-order chi connectivity index (χ0) is 10.6. The number of hydrogen-bond donors (Lipinski definition) is 3. The summed E-state index contributed by atoms with van der Waals surface area (Å²) in [6.45, 7) is 2.10. The van der Waals surface area contributed by atoms with Gasteiger partial charge in [0.15, 0.2) is 0 Å². The molecule has 1 aromatic rings. The van der Waals surface area contributed by atoms with E-state index >= 15 is 0 Å². The number of rotatable bonds is 4. The van der Waals surface area contributed by atoms with Crippen LogP contribution >= 0.6 is 0 Å². The van der Waals surface area contributed by atoms with E-state index in [1.165, 1.54) is 6.07 Å². The van der Waals surface area contributed by atoms with Gasteiger partial charge in [0.1, 0.15) is 11.5 Å². The van der Waals surface area contributed by atoms with Crippen molar-refractivity contribution in [1.82, 2.24) is 0 Å². The number of aromatic hydroxyl groups is 2. The summed E-state index contributed by atoms with van der Waals surface area (Å²) < 4.78 is 0. The van der Waals surface area contributed by atoms with Gasteiger partial charge in [-0.25, -0.2) is 0 Å². The maximum absolute atomic E-state index is 9.25. The molecule has 0 aliphatic heterocycles. The van der Waals surface area contributed by atoms with Crippen LogP contribution in [0.1, 0.15) is 37.8 Å². The molecule has 0 heterocycles. The third-order valence-corrected chi connectivity index (χ3v) is 2.22. The van der Waals surface area contributed by atoms with Crippen LogP contribution in [0.15, 0.2) is 18.2 Å². The van der Waals surface area contributed by atoms with E-state index in [0.29, 0.717) is 0 Å². The summed E-state index contributed by atoms with van der Waals surface area (Å²) in [4.78, 5) is 0. The van der Waals surface area contributed by atoms with E-state index < -0.39 is 0 Å². The summed E-state index contributed by atoms with van der Waals surface area (Å²) in [7, 11) is 0. The van der Waals surface area contributed by atoms with E-state index in [1.54, 1.807) is 12.1 Å². The van der Waals surface area contributed by atoms with Gasteiger partial charge >= 0.3 is 0 Å². The summed E-state index contributed by atoms with van der Waals surface area (Å²) in [5, 5.41) is 18.5. The Morgan fingerprint density at radius 2 is 1.79 bits per heavy atom. The molecule has 0 fully saturated rings. The van der Waals surface area contributed by atoms with Crippen LogP contribution in [0.25, 0.3) is 0 Å². The first kappa shape index (κ1) is 10.9. The molecular weight excluding hydrogens is 178 g/mol. The summed E-state index contributed by atoms with van der Waals surface area (Å²) in [5.41, 5.74) is 6.68. The molecular formula is C11H17NO2. The molecule has 3 heteroatoms. The van der Waals surface area contributed by atoms with Crippen molar-refractivity contribution >= 4 is 0 Å². The van der Waals surface area contributed by atoms with Crippen molar-refractivity contribution in [2.45, 2.75) is 32.2 Å². The second kappa shape index (κ2) is 4.86. The molecule has 0 saturated heterocycles. The molecule has 14 heavy (non-hydrogen) atoms. The van der Waals surface area contributed by atoms with Crippen LogP contribution in [0.3, 0.4) is 0 Å². The van der Waals surface area contributed by atoms with Crippen LogP contribution < -0.4 is 5.73 Å². The molecule has 3 nitrogen and oxygen atoms in total. The van der Waals surface area contributed by atoms with Crippen LogP contribution in [0.5, 0.6) is 11.5 Å². The lowest BCUT2D eigenvalue weighted by molar-refractivity contribution is 0.447. The van der Waals surface area contributed by atoms with Gasteiger partial charge in [0.25, 0.3) is 0 Å². The summed E-state index contributed by atoms with van der Waals surface area (Å²) in [5.74, 6) is 0.124. The standard InChI is InChI=1S/C11H17NO2/c1-2-3-4-11(12)8-5-9(13)7-10(14)6-8/h5-7,11,13-14H,2-4,12H2,1H3/t11-/m0/s1. The molecule has 1 atom stereocenters. The highest BCUT2D eigenvalue weighted by atomic mass is 16.3. The highest BCUT2D eigenvalue weighted by molar-refractivity contribution is 5.37. The molecule has 0 aromatic heterocycles. The van der Waals surface area contributed by atoms with E-state index in [1.807, 2.05) is 0 Å². The minimum atomic E-state index is -0.104. The van der Waals surface area contributed by atoms with Crippen molar-refractivity contribution in [1.29, 1.82) is 0 Å². The van der Waals surface area contributed by atoms with Gasteiger partial charge in [-0.1, -0.05) is 19.8 Å². The van der Waals surface area contributed by atoms with E-state index in [0.717, 1.165) is 24.8 Å². The first-order valence-electron chi connectivity index (χ1n) is 4.92. The highest BCUT2D eigenvalue weighted by Gasteiger charge is 2.07. The Morgan fingerprint density at radius 1 is 1.21 bits per heavy atom. The third kappa shape index (κ3) is 2.92. The van der Waals surface area contributed by atoms with Gasteiger partial charge in [0.2, 0.25) is 0 Å². The van der Waals surface area contributed by atoms with Crippen molar-refractivity contribution in [3.63, 3.8) is 0 Å². The maximum Gasteiger partial charge on any atom is 0.119 e. The zero-order valence-corrected chi connectivity index (χ0v) is 8.40. The molecule has 78 valence electrons. The molecule has 1 aromatic carbocycles. The molecule has 1 rings (SSSR count). The summed E-state index contributed by atoms with van der Waals surface area (Å²) in [6.07, 6.45) is 3.02. The Labute approximate surface area is 84.2 Å². The van der Waals surface area contributed by atoms with Gasteiger partial charge in [0, 0.05) is 12.1 Å². The molecule has 4 N–H and O–H groups in total. The van der Waals surface area contributed by atoms with Gasteiger partial charge in [-0.05, 0) is 24.1 Å². The van der Waals surface area contributed by atoms with Crippen molar-refractivity contribution < 1.29 is 10.2 Å². The van der Waals surface area contributed by atoms with Crippen LogP contribution in [0.4, 0.5) is 0 Å². The van der Waals surface area contributed by atoms with E-state index in [9.17, 15) is 10.2 Å². The monoisotopic (exact) mass is 195 g/mol. The number of unbranched alkanes of at least 4 members (excludes halogenated alkanes) is 1. The number of nitrogens with two attached hydrogens (primary N) is 1. The van der Waals surface area contributed by atoms with Gasteiger partial charge in [0.05, 0.1) is 0 Å². The van der Waals surface area contributed by atoms with Crippen LogP contribution in [-0.4, -0.2) is 10.2 Å². The minimum absolute atomic E-state index is 0.0620. The fourth-order valence-corrected chi connectivity index (χ4v) is 1.42. The number of hydrogen-bond acceptors (Lipinski definition) is 3. The van der Waals surface area contributed by atoms with Crippen LogP contribution in [-0.2, 0) is 0 Å². The normalized spacial score (nSPS) is 12.7. The molecule has 0 radical (unpaired) electrons. The maximum atomic E-state index is 9.25. The molecule has 0 aliphatic carbocycles. The summed E-state index contributed by atoms with van der Waals surface area (Å²) in [6, 6.07) is 4.39. The Bertz CT molecular complexity index is 279. The molecule has 0 bridgehead atoms. The first-order valence-corrected chi connectivity index (χ1v) is 4.92. The predicted octanol–water partition coefficient (Wildman–Crippen LogP) is 2.29. The highest BCUT2D eigenvalue weighted by Crippen LogP contribution is 2.25. The molecule has 0 saturated carbocycles. The third-order valence-electron chi connectivity index (χ3n) is 2.22. The largest absolute Gasteiger partial charge is 0.508 e. The van der Waals surface area contributed by atoms with Crippen molar-refractivity contribution in [3.05, 3.63) is 23.8 Å². The number of phenolic OH excluding ortho intramolecular Hbond substituents is 2. The van der Waals surface area contributed by atoms with Crippen molar-refractivity contribution in [2.24, 2.45) is 5.73 Å². The molecule has 0 amide bonds. The van der Waals surface area contributed by atoms with Crippen molar-refractivity contribution in [3.8, 4) is 11.5 Å². The second-order valence-corrected chi connectivity index (χ2v) is 3.53. The minimum Gasteiger partial charge on any atom is -0.508 e. The topological polar surface area (TPSA) is 66.5 Å². The smallest absolute Gasteiger partial charge is 0.119 e. The van der Waals surface area contributed by atoms with Gasteiger partial charge < -0.3 is 15.9 Å². The fourth-order valence-electron chi connectivity index (χ4n) is 1.42. The Hall–Kier alpha value is -1.22. The van der Waals surface area contributed by atoms with Crippen LogP contribution in [0.2, 0.25) is 0 Å². The Morgan fingerprint density at radius 3 is 2.29 bits per heavy atom. The SMILES string of the molecule is CCCC[C@H](N)c1cc(O)cc(O)c1. The number of benzene rings is 1. The average molecular weight is 195 g/mol. The predicted molar refractivity (Wildman–Crippen MR) is 56.2 cm³/mol. The Kier molecular flexibility index (Phi) is 3.77. The average Bonchev–Trinajstić information content (AvgIpc) is 2.12. The zero-order valence-electron chi connectivity index (χ0n) is 8.40. The van der Waals surface area contributed by atoms with Gasteiger partial charge in [-0.15, -0.1) is 0 Å².